The Labute approximate surface area is 120 Å². The summed E-state index contributed by atoms with van der Waals surface area (Å²) in [7, 11) is 0. The standard InChI is InChI=1S/C13H22NOPS2/c1-6-11(2)16(17,18-13(3,4)5)15-12-9-7-8-10-14-12/h7-11H,6H2,1-5H3. The molecule has 2 nitrogen and oxygen atoms in total. The van der Waals surface area contributed by atoms with E-state index in [4.69, 9.17) is 16.3 Å². The van der Waals surface area contributed by atoms with Gasteiger partial charge in [0.25, 0.3) is 0 Å². The van der Waals surface area contributed by atoms with Crippen molar-refractivity contribution in [3.8, 4) is 5.88 Å². The lowest BCUT2D eigenvalue weighted by Crippen LogP contribution is -2.13. The summed E-state index contributed by atoms with van der Waals surface area (Å²) in [6, 6.07) is 5.70. The Morgan fingerprint density at radius 2 is 2.11 bits per heavy atom. The fraction of sp³-hybridized carbons (Fsp3) is 0.615. The molecule has 0 aliphatic carbocycles. The molecule has 1 rings (SSSR count). The van der Waals surface area contributed by atoms with Crippen molar-refractivity contribution >= 4 is 28.7 Å². The van der Waals surface area contributed by atoms with Crippen LogP contribution in [-0.4, -0.2) is 15.4 Å². The van der Waals surface area contributed by atoms with E-state index < -0.39 is 5.47 Å². The lowest BCUT2D eigenvalue weighted by atomic mass is 10.3. The van der Waals surface area contributed by atoms with Crippen LogP contribution < -0.4 is 4.52 Å². The molecule has 0 N–H and O–H groups in total. The van der Waals surface area contributed by atoms with Gasteiger partial charge in [-0.3, -0.25) is 0 Å². The van der Waals surface area contributed by atoms with Gasteiger partial charge in [0, 0.05) is 22.7 Å². The van der Waals surface area contributed by atoms with E-state index in [2.05, 4.69) is 39.6 Å². The maximum Gasteiger partial charge on any atom is 0.217 e. The fourth-order valence-corrected chi connectivity index (χ4v) is 9.62. The van der Waals surface area contributed by atoms with Gasteiger partial charge in [-0.1, -0.05) is 52.1 Å². The maximum absolute atomic E-state index is 6.11. The van der Waals surface area contributed by atoms with Gasteiger partial charge < -0.3 is 4.52 Å². The number of aromatic nitrogens is 1. The van der Waals surface area contributed by atoms with Gasteiger partial charge in [-0.25, -0.2) is 4.98 Å². The van der Waals surface area contributed by atoms with Crippen LogP contribution in [0, 0.1) is 0 Å². The van der Waals surface area contributed by atoms with E-state index in [0.29, 0.717) is 11.5 Å². The summed E-state index contributed by atoms with van der Waals surface area (Å²) >= 11 is 7.66. The topological polar surface area (TPSA) is 22.1 Å². The highest BCUT2D eigenvalue weighted by atomic mass is 32.9. The summed E-state index contributed by atoms with van der Waals surface area (Å²) in [6.07, 6.45) is 2.78. The molecule has 2 unspecified atom stereocenters. The first-order valence-corrected chi connectivity index (χ1v) is 10.4. The van der Waals surface area contributed by atoms with Crippen LogP contribution in [0.3, 0.4) is 0 Å². The number of hydrogen-bond acceptors (Lipinski definition) is 4. The highest BCUT2D eigenvalue weighted by molar-refractivity contribution is 8.70. The molecule has 1 aromatic heterocycles. The normalized spacial score (nSPS) is 16.9. The van der Waals surface area contributed by atoms with Gasteiger partial charge in [0.15, 0.2) is 5.47 Å². The molecule has 0 saturated heterocycles. The van der Waals surface area contributed by atoms with Crippen molar-refractivity contribution in [1.29, 1.82) is 0 Å². The van der Waals surface area contributed by atoms with E-state index in [1.54, 1.807) is 17.6 Å². The van der Waals surface area contributed by atoms with Crippen LogP contribution in [0.1, 0.15) is 41.0 Å². The molecular weight excluding hydrogens is 281 g/mol. The first kappa shape index (κ1) is 16.0. The largest absolute Gasteiger partial charge is 0.439 e. The van der Waals surface area contributed by atoms with E-state index >= 15 is 0 Å². The first-order chi connectivity index (χ1) is 8.27. The summed E-state index contributed by atoms with van der Waals surface area (Å²) in [5.74, 6) is 0.651. The first-order valence-electron chi connectivity index (χ1n) is 6.18. The van der Waals surface area contributed by atoms with Crippen LogP contribution in [0.5, 0.6) is 5.88 Å². The molecule has 0 aliphatic rings. The minimum atomic E-state index is -1.97. The molecule has 5 heteroatoms. The molecule has 102 valence electrons. The smallest absolute Gasteiger partial charge is 0.217 e. The van der Waals surface area contributed by atoms with Gasteiger partial charge in [-0.05, 0) is 24.3 Å². The predicted molar refractivity (Wildman–Crippen MR) is 86.2 cm³/mol. The Hall–Kier alpha value is -0.0500. The van der Waals surface area contributed by atoms with Crippen molar-refractivity contribution in [1.82, 2.24) is 4.98 Å². The van der Waals surface area contributed by atoms with Gasteiger partial charge in [0.2, 0.25) is 5.88 Å². The molecule has 0 saturated carbocycles. The van der Waals surface area contributed by atoms with Crippen LogP contribution in [0.4, 0.5) is 0 Å². The third-order valence-corrected chi connectivity index (χ3v) is 10.8. The van der Waals surface area contributed by atoms with Crippen molar-refractivity contribution in [3.63, 3.8) is 0 Å². The third kappa shape index (κ3) is 4.91. The summed E-state index contributed by atoms with van der Waals surface area (Å²) < 4.78 is 6.21. The van der Waals surface area contributed by atoms with Crippen molar-refractivity contribution in [2.24, 2.45) is 0 Å². The Kier molecular flexibility index (Phi) is 5.69. The molecule has 0 bridgehead atoms. The van der Waals surface area contributed by atoms with Gasteiger partial charge in [0.05, 0.1) is 0 Å². The minimum absolute atomic E-state index is 0.105. The van der Waals surface area contributed by atoms with Crippen molar-refractivity contribution in [2.75, 3.05) is 0 Å². The van der Waals surface area contributed by atoms with Crippen molar-refractivity contribution in [2.45, 2.75) is 51.4 Å². The highest BCUT2D eigenvalue weighted by Crippen LogP contribution is 2.67. The molecule has 1 aromatic rings. The van der Waals surface area contributed by atoms with Crippen LogP contribution in [0.15, 0.2) is 24.4 Å². The molecule has 0 amide bonds. The number of nitrogens with zero attached hydrogens (tertiary/aromatic N) is 1. The lowest BCUT2D eigenvalue weighted by molar-refractivity contribution is 0.582. The monoisotopic (exact) mass is 303 g/mol. The maximum atomic E-state index is 6.11. The average molecular weight is 303 g/mol. The van der Waals surface area contributed by atoms with Crippen LogP contribution >= 0.6 is 16.8 Å². The zero-order valence-corrected chi connectivity index (χ0v) is 14.2. The summed E-state index contributed by atoms with van der Waals surface area (Å²) in [4.78, 5) is 4.24. The second-order valence-electron chi connectivity index (χ2n) is 5.26. The SMILES string of the molecule is CCC(C)P(=S)(Oc1ccccn1)SC(C)(C)C. The van der Waals surface area contributed by atoms with Gasteiger partial charge >= 0.3 is 0 Å². The van der Waals surface area contributed by atoms with Crippen LogP contribution in [-0.2, 0) is 11.8 Å². The van der Waals surface area contributed by atoms with Crippen molar-refractivity contribution < 1.29 is 4.52 Å². The molecule has 0 spiro atoms. The molecule has 0 radical (unpaired) electrons. The summed E-state index contributed by atoms with van der Waals surface area (Å²) in [6.45, 7) is 10.9. The molecule has 0 aliphatic heterocycles. The predicted octanol–water partition coefficient (Wildman–Crippen LogP) is 5.10. The summed E-state index contributed by atoms with van der Waals surface area (Å²) in [5, 5.41) is 0. The Balaban J connectivity index is 2.95. The van der Waals surface area contributed by atoms with E-state index in [1.165, 1.54) is 0 Å². The molecule has 0 fully saturated rings. The fourth-order valence-electron chi connectivity index (χ4n) is 1.34. The minimum Gasteiger partial charge on any atom is -0.439 e. The average Bonchev–Trinajstić information content (AvgIpc) is 2.26. The summed E-state index contributed by atoms with van der Waals surface area (Å²) in [5.41, 5.74) is -1.58. The Bertz CT molecular complexity index is 417. The highest BCUT2D eigenvalue weighted by Gasteiger charge is 2.32. The van der Waals surface area contributed by atoms with E-state index in [-0.39, 0.29) is 4.75 Å². The zero-order chi connectivity index (χ0) is 13.8. The van der Waals surface area contributed by atoms with Gasteiger partial charge in [-0.2, -0.15) is 0 Å². The number of hydrogen-bond donors (Lipinski definition) is 0. The van der Waals surface area contributed by atoms with E-state index in [9.17, 15) is 0 Å². The van der Waals surface area contributed by atoms with Gasteiger partial charge in [0.1, 0.15) is 0 Å². The van der Waals surface area contributed by atoms with Crippen LogP contribution in [0.2, 0.25) is 0 Å². The van der Waals surface area contributed by atoms with Gasteiger partial charge in [-0.15, -0.1) is 0 Å². The number of rotatable bonds is 5. The molecule has 18 heavy (non-hydrogen) atoms. The zero-order valence-electron chi connectivity index (χ0n) is 11.7. The Morgan fingerprint density at radius 3 is 2.56 bits per heavy atom. The molecule has 0 aromatic carbocycles. The third-order valence-electron chi connectivity index (χ3n) is 2.39. The quantitative estimate of drug-likeness (QED) is 0.706. The van der Waals surface area contributed by atoms with E-state index in [0.717, 1.165) is 6.42 Å². The van der Waals surface area contributed by atoms with Crippen molar-refractivity contribution in [3.05, 3.63) is 24.4 Å². The number of pyridine rings is 1. The molecule has 1 heterocycles. The lowest BCUT2D eigenvalue weighted by Gasteiger charge is -2.32. The second-order valence-corrected chi connectivity index (χ2v) is 13.3. The van der Waals surface area contributed by atoms with E-state index in [1.807, 2.05) is 18.2 Å². The second kappa shape index (κ2) is 6.40. The Morgan fingerprint density at radius 1 is 1.44 bits per heavy atom. The molecule has 2 atom stereocenters. The van der Waals surface area contributed by atoms with Crippen LogP contribution in [0.25, 0.3) is 0 Å². The molecular formula is C13H22NOPS2.